The van der Waals surface area contributed by atoms with Gasteiger partial charge in [-0.2, -0.15) is 0 Å². The van der Waals surface area contributed by atoms with Gasteiger partial charge in [0.25, 0.3) is 0 Å². The van der Waals surface area contributed by atoms with E-state index in [9.17, 15) is 0 Å². The van der Waals surface area contributed by atoms with Crippen molar-refractivity contribution in [2.24, 2.45) is 11.3 Å². The molecule has 2 aliphatic rings. The second-order valence-corrected chi connectivity index (χ2v) is 9.78. The highest BCUT2D eigenvalue weighted by Crippen LogP contribution is 2.57. The topological polar surface area (TPSA) is 0 Å². The van der Waals surface area contributed by atoms with E-state index in [2.05, 4.69) is 50.2 Å². The molecule has 0 aromatic rings. The van der Waals surface area contributed by atoms with Crippen LogP contribution in [0.1, 0.15) is 52.9 Å². The van der Waals surface area contributed by atoms with E-state index < -0.39 is 0 Å². The minimum atomic E-state index is 0.446. The molecule has 17 heavy (non-hydrogen) atoms. The van der Waals surface area contributed by atoms with Crippen molar-refractivity contribution in [2.75, 3.05) is 5.75 Å². The molecule has 96 valence electrons. The third kappa shape index (κ3) is 3.18. The summed E-state index contributed by atoms with van der Waals surface area (Å²) in [5.74, 6) is 4.84. The molecule has 0 nitrogen and oxygen atoms in total. The summed E-state index contributed by atoms with van der Waals surface area (Å²) in [7, 11) is 0. The second-order valence-electron chi connectivity index (χ2n) is 6.46. The fourth-order valence-corrected chi connectivity index (χ4v) is 6.65. The van der Waals surface area contributed by atoms with Gasteiger partial charge in [-0.15, -0.1) is 35.9 Å². The number of rotatable bonds is 0. The first-order chi connectivity index (χ1) is 7.95. The van der Waals surface area contributed by atoms with Crippen molar-refractivity contribution in [3.05, 3.63) is 0 Å². The molecule has 1 saturated heterocycles. The predicted octanol–water partition coefficient (Wildman–Crippen LogP) is 4.79. The Hall–Kier alpha value is 0.260. The van der Waals surface area contributed by atoms with Crippen LogP contribution >= 0.6 is 23.5 Å². The molecule has 0 radical (unpaired) electrons. The molecule has 0 bridgehead atoms. The molecular formula is C15H24S2. The van der Waals surface area contributed by atoms with E-state index in [0.717, 1.165) is 5.25 Å². The average molecular weight is 268 g/mol. The minimum Gasteiger partial charge on any atom is -0.144 e. The van der Waals surface area contributed by atoms with Gasteiger partial charge in [0, 0.05) is 11.2 Å². The summed E-state index contributed by atoms with van der Waals surface area (Å²) in [6, 6.07) is 0. The monoisotopic (exact) mass is 268 g/mol. The number of terminal acetylenes is 1. The molecule has 0 aromatic carbocycles. The molecule has 1 heterocycles. The van der Waals surface area contributed by atoms with Crippen LogP contribution in [-0.4, -0.2) is 15.1 Å². The molecular weight excluding hydrogens is 244 g/mol. The Bertz CT molecular complexity index is 300. The summed E-state index contributed by atoms with van der Waals surface area (Å²) in [6.45, 7) is 7.17. The lowest BCUT2D eigenvalue weighted by atomic mass is 9.89. The molecule has 1 saturated carbocycles. The Balaban J connectivity index is 2.00. The number of thioether (sulfide) groups is 2. The fourth-order valence-electron chi connectivity index (χ4n) is 2.80. The van der Waals surface area contributed by atoms with Crippen LogP contribution in [0, 0.1) is 23.7 Å². The summed E-state index contributed by atoms with van der Waals surface area (Å²) < 4.78 is 0.504. The zero-order valence-electron chi connectivity index (χ0n) is 11.3. The van der Waals surface area contributed by atoms with Crippen molar-refractivity contribution in [2.45, 2.75) is 62.2 Å². The van der Waals surface area contributed by atoms with Gasteiger partial charge in [0.1, 0.15) is 0 Å². The third-order valence-electron chi connectivity index (χ3n) is 4.05. The van der Waals surface area contributed by atoms with Crippen LogP contribution in [0.5, 0.6) is 0 Å². The lowest BCUT2D eigenvalue weighted by Crippen LogP contribution is -2.38. The molecule has 2 heteroatoms. The highest BCUT2D eigenvalue weighted by Gasteiger charge is 2.43. The normalized spacial score (nSPS) is 38.9. The first-order valence-corrected chi connectivity index (χ1v) is 8.60. The minimum absolute atomic E-state index is 0.446. The lowest BCUT2D eigenvalue weighted by Gasteiger charge is -2.47. The van der Waals surface area contributed by atoms with Gasteiger partial charge in [-0.3, -0.25) is 0 Å². The quantitative estimate of drug-likeness (QED) is 0.579. The predicted molar refractivity (Wildman–Crippen MR) is 81.4 cm³/mol. The van der Waals surface area contributed by atoms with Crippen LogP contribution in [0.15, 0.2) is 0 Å². The van der Waals surface area contributed by atoms with Crippen molar-refractivity contribution >= 4 is 23.5 Å². The smallest absolute Gasteiger partial charge is 0.0615 e. The Morgan fingerprint density at radius 1 is 1.18 bits per heavy atom. The van der Waals surface area contributed by atoms with Crippen molar-refractivity contribution in [1.82, 2.24) is 0 Å². The van der Waals surface area contributed by atoms with E-state index in [0.29, 0.717) is 15.4 Å². The average Bonchev–Trinajstić information content (AvgIpc) is 2.29. The van der Waals surface area contributed by atoms with Crippen LogP contribution < -0.4 is 0 Å². The van der Waals surface area contributed by atoms with Gasteiger partial charge in [0.2, 0.25) is 0 Å². The Morgan fingerprint density at radius 3 is 2.35 bits per heavy atom. The van der Waals surface area contributed by atoms with Crippen molar-refractivity contribution in [3.63, 3.8) is 0 Å². The molecule has 1 spiro atoms. The van der Waals surface area contributed by atoms with Crippen LogP contribution in [0.2, 0.25) is 0 Å². The van der Waals surface area contributed by atoms with E-state index in [1.165, 1.54) is 37.9 Å². The van der Waals surface area contributed by atoms with Gasteiger partial charge >= 0.3 is 0 Å². The molecule has 1 aliphatic carbocycles. The standard InChI is InChI=1S/C15H24S2/c1-5-12-6-9-15(10-7-12)16-11-8-13(17-15)14(2,3)4/h1,12-13H,6-11H2,2-4H3. The molecule has 0 N–H and O–H groups in total. The maximum absolute atomic E-state index is 5.55. The highest BCUT2D eigenvalue weighted by atomic mass is 32.2. The van der Waals surface area contributed by atoms with Gasteiger partial charge in [-0.1, -0.05) is 20.8 Å². The molecule has 2 rings (SSSR count). The molecule has 1 unspecified atom stereocenters. The van der Waals surface area contributed by atoms with Crippen molar-refractivity contribution in [1.29, 1.82) is 0 Å². The maximum Gasteiger partial charge on any atom is 0.0615 e. The summed E-state index contributed by atoms with van der Waals surface area (Å²) in [5.41, 5.74) is 0.446. The van der Waals surface area contributed by atoms with E-state index in [1.54, 1.807) is 0 Å². The van der Waals surface area contributed by atoms with Crippen LogP contribution in [-0.2, 0) is 0 Å². The summed E-state index contributed by atoms with van der Waals surface area (Å²) in [4.78, 5) is 0. The highest BCUT2D eigenvalue weighted by molar-refractivity contribution is 8.19. The van der Waals surface area contributed by atoms with Crippen LogP contribution in [0.25, 0.3) is 0 Å². The van der Waals surface area contributed by atoms with Crippen LogP contribution in [0.4, 0.5) is 0 Å². The van der Waals surface area contributed by atoms with Crippen molar-refractivity contribution in [3.8, 4) is 12.3 Å². The molecule has 0 aromatic heterocycles. The Labute approximate surface area is 115 Å². The fraction of sp³-hybridized carbons (Fsp3) is 0.867. The first-order valence-electron chi connectivity index (χ1n) is 6.73. The van der Waals surface area contributed by atoms with Gasteiger partial charge in [0.15, 0.2) is 0 Å². The first kappa shape index (κ1) is 13.7. The summed E-state index contributed by atoms with van der Waals surface area (Å²) in [6.07, 6.45) is 12.1. The van der Waals surface area contributed by atoms with Crippen LogP contribution in [0.3, 0.4) is 0 Å². The SMILES string of the molecule is C#CC1CCC2(CC1)SCCC(C(C)(C)C)S2. The van der Waals surface area contributed by atoms with E-state index in [4.69, 9.17) is 6.42 Å². The largest absolute Gasteiger partial charge is 0.144 e. The number of hydrogen-bond donors (Lipinski definition) is 0. The zero-order chi connectivity index (χ0) is 12.5. The molecule has 1 aliphatic heterocycles. The van der Waals surface area contributed by atoms with E-state index in [-0.39, 0.29) is 0 Å². The molecule has 0 amide bonds. The Morgan fingerprint density at radius 2 is 1.82 bits per heavy atom. The van der Waals surface area contributed by atoms with Gasteiger partial charge in [-0.05, 0) is 43.3 Å². The summed E-state index contributed by atoms with van der Waals surface area (Å²) >= 11 is 4.48. The number of hydrogen-bond acceptors (Lipinski definition) is 2. The second kappa shape index (κ2) is 5.10. The summed E-state index contributed by atoms with van der Waals surface area (Å²) in [5, 5.41) is 0.825. The van der Waals surface area contributed by atoms with Gasteiger partial charge in [-0.25, -0.2) is 0 Å². The molecule has 2 fully saturated rings. The van der Waals surface area contributed by atoms with E-state index >= 15 is 0 Å². The lowest BCUT2D eigenvalue weighted by molar-refractivity contribution is 0.373. The molecule has 1 atom stereocenters. The zero-order valence-corrected chi connectivity index (χ0v) is 12.9. The van der Waals surface area contributed by atoms with Gasteiger partial charge in [0.05, 0.1) is 4.08 Å². The maximum atomic E-state index is 5.55. The van der Waals surface area contributed by atoms with Gasteiger partial charge < -0.3 is 0 Å². The Kier molecular flexibility index (Phi) is 4.10. The van der Waals surface area contributed by atoms with Crippen molar-refractivity contribution < 1.29 is 0 Å². The van der Waals surface area contributed by atoms with E-state index in [1.807, 2.05) is 0 Å². The third-order valence-corrected chi connectivity index (χ3v) is 8.13.